The van der Waals surface area contributed by atoms with Crippen molar-refractivity contribution in [3.63, 3.8) is 0 Å². The van der Waals surface area contributed by atoms with Gasteiger partial charge < -0.3 is 15.6 Å². The number of hydrogen-bond donors (Lipinski definition) is 2. The van der Waals surface area contributed by atoms with Gasteiger partial charge in [-0.2, -0.15) is 4.31 Å². The third-order valence-electron chi connectivity index (χ3n) is 2.61. The number of ether oxygens (including phenoxy) is 1. The van der Waals surface area contributed by atoms with Gasteiger partial charge in [-0.1, -0.05) is 0 Å². The summed E-state index contributed by atoms with van der Waals surface area (Å²) in [6.45, 7) is -0.343. The summed E-state index contributed by atoms with van der Waals surface area (Å²) in [5.74, 6) is -2.96. The number of nitrogens with two attached hydrogens (primary N) is 1. The smallest absolute Gasteiger partial charge is 0.325 e. The molecule has 17 heavy (non-hydrogen) atoms. The van der Waals surface area contributed by atoms with Crippen LogP contribution in [-0.2, 0) is 24.3 Å². The van der Waals surface area contributed by atoms with Gasteiger partial charge in [0.15, 0.2) is 5.75 Å². The Morgan fingerprint density at radius 3 is 2.53 bits per heavy atom. The fourth-order valence-electron chi connectivity index (χ4n) is 1.51. The molecule has 0 aromatic rings. The number of carbonyl (C=O) groups is 2. The van der Waals surface area contributed by atoms with Crippen LogP contribution in [0.4, 0.5) is 0 Å². The third-order valence-corrected chi connectivity index (χ3v) is 4.31. The number of carbonyl (C=O) groups excluding carboxylic acids is 1. The van der Waals surface area contributed by atoms with Crippen molar-refractivity contribution in [1.82, 2.24) is 4.31 Å². The predicted octanol–water partition coefficient (Wildman–Crippen LogP) is -2.02. The van der Waals surface area contributed by atoms with Crippen molar-refractivity contribution in [2.75, 3.05) is 26.0 Å². The molecule has 0 aromatic heterocycles. The molecule has 1 aliphatic rings. The van der Waals surface area contributed by atoms with Gasteiger partial charge in [0, 0.05) is 13.1 Å². The van der Waals surface area contributed by atoms with E-state index in [4.69, 9.17) is 10.8 Å². The molecule has 3 N–H and O–H groups in total. The summed E-state index contributed by atoms with van der Waals surface area (Å²) in [5.41, 5.74) is 3.95. The van der Waals surface area contributed by atoms with E-state index in [2.05, 4.69) is 4.74 Å². The van der Waals surface area contributed by atoms with Gasteiger partial charge in [0.25, 0.3) is 0 Å². The van der Waals surface area contributed by atoms with Gasteiger partial charge in [-0.05, 0) is 6.42 Å². The fraction of sp³-hybridized carbons (Fsp3) is 0.750. The Morgan fingerprint density at radius 2 is 2.12 bits per heavy atom. The highest BCUT2D eigenvalue weighted by Crippen LogP contribution is 2.22. The zero-order valence-corrected chi connectivity index (χ0v) is 10.1. The summed E-state index contributed by atoms with van der Waals surface area (Å²) >= 11 is 0. The van der Waals surface area contributed by atoms with E-state index in [-0.39, 0.29) is 19.5 Å². The first-order valence-electron chi connectivity index (χ1n) is 4.78. The largest absolute Gasteiger partial charge is 0.480 e. The quantitative estimate of drug-likeness (QED) is 0.562. The van der Waals surface area contributed by atoms with Crippen LogP contribution < -0.4 is 5.73 Å². The maximum atomic E-state index is 11.7. The fourth-order valence-corrected chi connectivity index (χ4v) is 2.90. The minimum atomic E-state index is -3.86. The molecule has 8 nitrogen and oxygen atoms in total. The number of carboxylic acids is 1. The standard InChI is InChI=1S/C8H14N2O6S/c1-16-6(11)4-17(14,15)10-3-2-8(9,5-10)7(12)13/h2-5,9H2,1H3,(H,12,13). The zero-order chi connectivity index (χ0) is 13.3. The molecule has 1 heterocycles. The van der Waals surface area contributed by atoms with Crippen LogP contribution in [0.1, 0.15) is 6.42 Å². The molecule has 1 atom stereocenters. The normalized spacial score (nSPS) is 25.8. The Bertz CT molecular complexity index is 433. The zero-order valence-electron chi connectivity index (χ0n) is 9.25. The van der Waals surface area contributed by atoms with Crippen molar-refractivity contribution in [2.45, 2.75) is 12.0 Å². The van der Waals surface area contributed by atoms with Gasteiger partial charge in [0.1, 0.15) is 5.54 Å². The summed E-state index contributed by atoms with van der Waals surface area (Å²) in [4.78, 5) is 21.7. The van der Waals surface area contributed by atoms with Gasteiger partial charge in [-0.15, -0.1) is 0 Å². The number of hydrogen-bond acceptors (Lipinski definition) is 6. The maximum Gasteiger partial charge on any atom is 0.325 e. The van der Waals surface area contributed by atoms with E-state index in [0.717, 1.165) is 11.4 Å². The van der Waals surface area contributed by atoms with Crippen LogP contribution in [0, 0.1) is 0 Å². The molecule has 0 radical (unpaired) electrons. The van der Waals surface area contributed by atoms with Crippen LogP contribution in [0.5, 0.6) is 0 Å². The Kier molecular flexibility index (Phi) is 3.74. The van der Waals surface area contributed by atoms with Gasteiger partial charge in [0.2, 0.25) is 10.0 Å². The number of rotatable bonds is 4. The lowest BCUT2D eigenvalue weighted by Crippen LogP contribution is -2.51. The lowest BCUT2D eigenvalue weighted by molar-refractivity contribution is -0.142. The van der Waals surface area contributed by atoms with Crippen LogP contribution in [0.25, 0.3) is 0 Å². The topological polar surface area (TPSA) is 127 Å². The van der Waals surface area contributed by atoms with Crippen molar-refractivity contribution in [2.24, 2.45) is 5.73 Å². The van der Waals surface area contributed by atoms with Crippen molar-refractivity contribution in [3.05, 3.63) is 0 Å². The predicted molar refractivity (Wildman–Crippen MR) is 56.5 cm³/mol. The van der Waals surface area contributed by atoms with E-state index in [1.165, 1.54) is 0 Å². The Labute approximate surface area is 98.4 Å². The number of sulfonamides is 1. The molecular weight excluding hydrogens is 252 g/mol. The average Bonchev–Trinajstić information content (AvgIpc) is 2.62. The van der Waals surface area contributed by atoms with Crippen molar-refractivity contribution >= 4 is 22.0 Å². The molecule has 0 spiro atoms. The van der Waals surface area contributed by atoms with Gasteiger partial charge in [-0.25, -0.2) is 8.42 Å². The molecule has 1 unspecified atom stereocenters. The summed E-state index contributed by atoms with van der Waals surface area (Å²) in [6.07, 6.45) is 0.0166. The molecule has 98 valence electrons. The summed E-state index contributed by atoms with van der Waals surface area (Å²) in [6, 6.07) is 0. The highest BCUT2D eigenvalue weighted by molar-refractivity contribution is 7.89. The van der Waals surface area contributed by atoms with Gasteiger partial charge >= 0.3 is 11.9 Å². The van der Waals surface area contributed by atoms with Crippen LogP contribution in [0.3, 0.4) is 0 Å². The molecule has 1 aliphatic heterocycles. The lowest BCUT2D eigenvalue weighted by atomic mass is 10.0. The minimum Gasteiger partial charge on any atom is -0.480 e. The highest BCUT2D eigenvalue weighted by atomic mass is 32.2. The second-order valence-electron chi connectivity index (χ2n) is 3.88. The first kappa shape index (κ1) is 13.9. The van der Waals surface area contributed by atoms with E-state index < -0.39 is 33.3 Å². The van der Waals surface area contributed by atoms with E-state index in [0.29, 0.717) is 0 Å². The summed E-state index contributed by atoms with van der Waals surface area (Å²) in [7, 11) is -2.78. The van der Waals surface area contributed by atoms with Crippen LogP contribution in [0.2, 0.25) is 0 Å². The Morgan fingerprint density at radius 1 is 1.53 bits per heavy atom. The van der Waals surface area contributed by atoms with Gasteiger partial charge in [-0.3, -0.25) is 9.59 Å². The monoisotopic (exact) mass is 266 g/mol. The number of carboxylic acid groups (broad SMARTS) is 1. The van der Waals surface area contributed by atoms with Gasteiger partial charge in [0.05, 0.1) is 7.11 Å². The molecular formula is C8H14N2O6S. The molecule has 1 saturated heterocycles. The summed E-state index contributed by atoms with van der Waals surface area (Å²) in [5, 5.41) is 8.85. The highest BCUT2D eigenvalue weighted by Gasteiger charge is 2.45. The Balaban J connectivity index is 2.77. The molecule has 0 amide bonds. The van der Waals surface area contributed by atoms with E-state index in [1.54, 1.807) is 0 Å². The van der Waals surface area contributed by atoms with Crippen LogP contribution in [0.15, 0.2) is 0 Å². The molecule has 9 heteroatoms. The van der Waals surface area contributed by atoms with E-state index >= 15 is 0 Å². The first-order chi connectivity index (χ1) is 7.71. The molecule has 1 rings (SSSR count). The lowest BCUT2D eigenvalue weighted by Gasteiger charge is -2.19. The van der Waals surface area contributed by atoms with Crippen molar-refractivity contribution < 1.29 is 27.9 Å². The number of methoxy groups -OCH3 is 1. The van der Waals surface area contributed by atoms with Crippen molar-refractivity contribution in [3.8, 4) is 0 Å². The second kappa shape index (κ2) is 4.59. The average molecular weight is 266 g/mol. The first-order valence-corrected chi connectivity index (χ1v) is 6.39. The van der Waals surface area contributed by atoms with Crippen molar-refractivity contribution in [1.29, 1.82) is 0 Å². The molecule has 1 fully saturated rings. The molecule has 0 aliphatic carbocycles. The third kappa shape index (κ3) is 2.93. The second-order valence-corrected chi connectivity index (χ2v) is 5.85. The van der Waals surface area contributed by atoms with E-state index in [9.17, 15) is 18.0 Å². The maximum absolute atomic E-state index is 11.7. The number of esters is 1. The number of nitrogens with zero attached hydrogens (tertiary/aromatic N) is 1. The van der Waals surface area contributed by atoms with E-state index in [1.807, 2.05) is 0 Å². The SMILES string of the molecule is COC(=O)CS(=O)(=O)N1CCC(N)(C(=O)O)C1. The number of aliphatic carboxylic acids is 1. The molecule has 0 bridgehead atoms. The van der Waals surface area contributed by atoms with Crippen LogP contribution >= 0.6 is 0 Å². The molecule has 0 aromatic carbocycles. The summed E-state index contributed by atoms with van der Waals surface area (Å²) < 4.78 is 28.5. The Hall–Kier alpha value is -1.19. The minimum absolute atomic E-state index is 0.0118. The molecule has 0 saturated carbocycles. The van der Waals surface area contributed by atoms with Crippen LogP contribution in [-0.4, -0.2) is 61.3 Å².